The molecule has 0 fully saturated rings. The summed E-state index contributed by atoms with van der Waals surface area (Å²) in [6, 6.07) is 26.0. The van der Waals surface area contributed by atoms with Crippen LogP contribution in [0.15, 0.2) is 95.4 Å². The van der Waals surface area contributed by atoms with Crippen molar-refractivity contribution >= 4 is 17.3 Å². The molecule has 1 aromatic heterocycles. The number of anilines is 1. The number of allylic oxidation sites excluding steroid dienone is 1. The van der Waals surface area contributed by atoms with Gasteiger partial charge in [-0.3, -0.25) is 4.79 Å². The van der Waals surface area contributed by atoms with Crippen LogP contribution in [0.4, 0.5) is 5.69 Å². The van der Waals surface area contributed by atoms with Crippen molar-refractivity contribution in [2.75, 3.05) is 5.01 Å². The molecule has 0 saturated carbocycles. The van der Waals surface area contributed by atoms with Gasteiger partial charge in [0, 0.05) is 32.7 Å². The number of pyridine rings is 1. The second-order valence-corrected chi connectivity index (χ2v) is 6.30. The molecular formula is C24H22IrN3O2-. The number of para-hydroxylation sites is 1. The van der Waals surface area contributed by atoms with Crippen LogP contribution in [0, 0.1) is 6.07 Å². The van der Waals surface area contributed by atoms with Crippen molar-refractivity contribution in [1.82, 2.24) is 4.98 Å². The number of aliphatic hydroxyl groups excluding tert-OH is 1. The summed E-state index contributed by atoms with van der Waals surface area (Å²) in [5.74, 6) is -0.178. The van der Waals surface area contributed by atoms with E-state index in [0.717, 1.165) is 11.3 Å². The normalized spacial score (nSPS) is 14.3. The van der Waals surface area contributed by atoms with Crippen LogP contribution in [0.5, 0.6) is 0 Å². The van der Waals surface area contributed by atoms with E-state index in [1.165, 1.54) is 5.01 Å². The molecule has 1 aliphatic heterocycles. The smallest absolute Gasteiger partial charge is 0.284 e. The molecule has 30 heavy (non-hydrogen) atoms. The zero-order valence-electron chi connectivity index (χ0n) is 16.7. The number of carbonyl (C=O) groups is 1. The Morgan fingerprint density at radius 2 is 1.73 bits per heavy atom. The van der Waals surface area contributed by atoms with E-state index in [9.17, 15) is 9.90 Å². The number of aliphatic hydroxyl groups is 1. The van der Waals surface area contributed by atoms with Gasteiger partial charge in [-0.2, -0.15) is 10.1 Å². The van der Waals surface area contributed by atoms with Gasteiger partial charge in [-0.1, -0.05) is 37.3 Å². The first-order valence-electron chi connectivity index (χ1n) is 9.37. The molecule has 0 aliphatic carbocycles. The summed E-state index contributed by atoms with van der Waals surface area (Å²) >= 11 is 0. The summed E-state index contributed by atoms with van der Waals surface area (Å²) in [6.45, 7) is 3.52. The molecule has 1 amide bonds. The number of rotatable bonds is 3. The zero-order valence-corrected chi connectivity index (χ0v) is 19.1. The fourth-order valence-corrected chi connectivity index (χ4v) is 2.83. The van der Waals surface area contributed by atoms with Crippen molar-refractivity contribution in [3.05, 3.63) is 96.4 Å². The summed E-state index contributed by atoms with van der Waals surface area (Å²) in [5, 5.41) is 15.2. The van der Waals surface area contributed by atoms with Crippen LogP contribution in [0.1, 0.15) is 20.3 Å². The predicted molar refractivity (Wildman–Crippen MR) is 115 cm³/mol. The van der Waals surface area contributed by atoms with E-state index < -0.39 is 0 Å². The zero-order chi connectivity index (χ0) is 20.6. The summed E-state index contributed by atoms with van der Waals surface area (Å²) in [4.78, 5) is 16.3. The second-order valence-electron chi connectivity index (χ2n) is 6.30. The third-order valence-corrected chi connectivity index (χ3v) is 4.29. The topological polar surface area (TPSA) is 65.8 Å². The van der Waals surface area contributed by atoms with Gasteiger partial charge in [0.1, 0.15) is 11.3 Å². The Hall–Kier alpha value is -3.08. The van der Waals surface area contributed by atoms with E-state index >= 15 is 0 Å². The molecular weight excluding hydrogens is 554 g/mol. The Balaban J connectivity index is 0.000000218. The van der Waals surface area contributed by atoms with Crippen molar-refractivity contribution in [3.8, 4) is 11.3 Å². The molecule has 6 heteroatoms. The van der Waals surface area contributed by atoms with Crippen molar-refractivity contribution in [2.24, 2.45) is 5.10 Å². The predicted octanol–water partition coefficient (Wildman–Crippen LogP) is 5.18. The summed E-state index contributed by atoms with van der Waals surface area (Å²) in [6.07, 6.45) is 2.22. The molecule has 2 heterocycles. The number of nitrogens with zero attached hydrogens (tertiary/aromatic N) is 3. The Labute approximate surface area is 190 Å². The largest absolute Gasteiger partial charge is 0.511 e. The number of benzene rings is 2. The van der Waals surface area contributed by atoms with E-state index in [1.54, 1.807) is 32.2 Å². The van der Waals surface area contributed by atoms with E-state index in [4.69, 9.17) is 0 Å². The molecule has 0 saturated heterocycles. The van der Waals surface area contributed by atoms with Gasteiger partial charge in [0.15, 0.2) is 0 Å². The molecule has 2 aromatic carbocycles. The minimum atomic E-state index is -0.270. The van der Waals surface area contributed by atoms with Gasteiger partial charge in [-0.25, -0.2) is 0 Å². The van der Waals surface area contributed by atoms with Crippen LogP contribution in [0.25, 0.3) is 11.3 Å². The van der Waals surface area contributed by atoms with Crippen molar-refractivity contribution in [1.29, 1.82) is 0 Å². The fourth-order valence-electron chi connectivity index (χ4n) is 2.83. The quantitative estimate of drug-likeness (QED) is 0.266. The van der Waals surface area contributed by atoms with Gasteiger partial charge in [-0.05, 0) is 30.8 Å². The number of aromatic nitrogens is 1. The molecule has 1 N–H and O–H groups in total. The third-order valence-electron chi connectivity index (χ3n) is 4.29. The minimum Gasteiger partial charge on any atom is -0.511 e. The number of hydrogen-bond acceptors (Lipinski definition) is 4. The molecule has 0 unspecified atom stereocenters. The minimum absolute atomic E-state index is 0. The molecule has 0 spiro atoms. The van der Waals surface area contributed by atoms with Gasteiger partial charge in [0.2, 0.25) is 0 Å². The molecule has 155 valence electrons. The second kappa shape index (κ2) is 11.2. The fraction of sp³-hybridized carbons (Fsp3) is 0.125. The Kier molecular flexibility index (Phi) is 8.66. The summed E-state index contributed by atoms with van der Waals surface area (Å²) in [5.41, 5.74) is 3.58. The van der Waals surface area contributed by atoms with E-state index in [1.807, 2.05) is 60.7 Å². The maximum Gasteiger partial charge on any atom is 0.284 e. The van der Waals surface area contributed by atoms with E-state index in [0.29, 0.717) is 23.4 Å². The molecule has 0 atom stereocenters. The average molecular weight is 577 g/mol. The Morgan fingerprint density at radius 3 is 2.33 bits per heavy atom. The molecule has 3 aromatic rings. The maximum absolute atomic E-state index is 12.1. The first-order chi connectivity index (χ1) is 14.1. The van der Waals surface area contributed by atoms with Crippen LogP contribution in [-0.4, -0.2) is 21.7 Å². The molecule has 1 radical (unpaired) electrons. The number of amides is 1. The Bertz CT molecular complexity index is 983. The van der Waals surface area contributed by atoms with Crippen LogP contribution >= 0.6 is 0 Å². The van der Waals surface area contributed by atoms with Gasteiger partial charge in [-0.15, -0.1) is 35.9 Å². The van der Waals surface area contributed by atoms with Gasteiger partial charge in [0.25, 0.3) is 5.91 Å². The van der Waals surface area contributed by atoms with Crippen LogP contribution < -0.4 is 5.01 Å². The molecule has 1 aliphatic rings. The Morgan fingerprint density at radius 1 is 1.03 bits per heavy atom. The average Bonchev–Trinajstić information content (AvgIpc) is 3.09. The molecule has 0 bridgehead atoms. The molecule has 4 rings (SSSR count). The van der Waals surface area contributed by atoms with Gasteiger partial charge >= 0.3 is 0 Å². The number of hydrazone groups is 1. The summed E-state index contributed by atoms with van der Waals surface area (Å²) < 4.78 is 0. The third kappa shape index (κ3) is 5.50. The summed E-state index contributed by atoms with van der Waals surface area (Å²) in [7, 11) is 0. The van der Waals surface area contributed by atoms with E-state index in [2.05, 4.69) is 16.2 Å². The van der Waals surface area contributed by atoms with Crippen LogP contribution in [-0.2, 0) is 24.9 Å². The van der Waals surface area contributed by atoms with Crippen molar-refractivity contribution in [2.45, 2.75) is 20.3 Å². The van der Waals surface area contributed by atoms with E-state index in [-0.39, 0.29) is 31.8 Å². The first-order valence-corrected chi connectivity index (χ1v) is 9.37. The molecule has 5 nitrogen and oxygen atoms in total. The van der Waals surface area contributed by atoms with Gasteiger partial charge < -0.3 is 10.1 Å². The van der Waals surface area contributed by atoms with Crippen LogP contribution in [0.2, 0.25) is 0 Å². The standard InChI is InChI=1S/C13H14N2O2.C11H8N.Ir/c1-3-11(16)12-9(2)14-15(13(12)17)10-7-5-4-6-8-10;1-2-6-10(7-3-1)11-8-4-5-9-12-11;/h4-8,16H,3H2,1-2H3;1-6,8-9H;/q;-1;/b12-11-;;. The first kappa shape index (κ1) is 23.2. The van der Waals surface area contributed by atoms with Crippen LogP contribution in [0.3, 0.4) is 0 Å². The number of hydrogen-bond donors (Lipinski definition) is 1. The SMILES string of the molecule is CC/C(O)=C1/C(=O)N(c2ccccc2)N=C1C.[Ir].[c-]1ccccc1-c1ccccn1. The number of carbonyl (C=O) groups excluding carboxylic acids is 1. The monoisotopic (exact) mass is 577 g/mol. The maximum atomic E-state index is 12.1. The van der Waals surface area contributed by atoms with Gasteiger partial charge in [0.05, 0.1) is 11.4 Å². The van der Waals surface area contributed by atoms with Crippen molar-refractivity contribution < 1.29 is 30.0 Å². The van der Waals surface area contributed by atoms with Crippen molar-refractivity contribution in [3.63, 3.8) is 0 Å².